The van der Waals surface area contributed by atoms with Gasteiger partial charge >= 0.3 is 0 Å². The average molecular weight is 250 g/mol. The van der Waals surface area contributed by atoms with Crippen LogP contribution in [0.1, 0.15) is 26.2 Å². The van der Waals surface area contributed by atoms with Crippen molar-refractivity contribution in [2.75, 3.05) is 36.1 Å². The van der Waals surface area contributed by atoms with E-state index in [-0.39, 0.29) is 0 Å². The van der Waals surface area contributed by atoms with Crippen LogP contribution in [0.4, 0.5) is 17.3 Å². The van der Waals surface area contributed by atoms with Crippen LogP contribution in [-0.4, -0.2) is 30.8 Å². The zero-order valence-corrected chi connectivity index (χ0v) is 10.9. The van der Waals surface area contributed by atoms with Crippen LogP contribution in [0.25, 0.3) is 0 Å². The first-order valence-electron chi connectivity index (χ1n) is 6.59. The molecule has 0 radical (unpaired) electrons. The van der Waals surface area contributed by atoms with Crippen molar-refractivity contribution < 1.29 is 4.74 Å². The molecule has 0 aliphatic carbocycles. The first-order chi connectivity index (χ1) is 8.70. The summed E-state index contributed by atoms with van der Waals surface area (Å²) in [6.45, 7) is 4.84. The van der Waals surface area contributed by atoms with Gasteiger partial charge in [-0.1, -0.05) is 6.92 Å². The molecule has 0 aromatic carbocycles. The third-order valence-electron chi connectivity index (χ3n) is 3.20. The Morgan fingerprint density at radius 2 is 2.28 bits per heavy atom. The van der Waals surface area contributed by atoms with E-state index in [0.717, 1.165) is 44.8 Å². The van der Waals surface area contributed by atoms with E-state index in [0.29, 0.717) is 17.6 Å². The van der Waals surface area contributed by atoms with Gasteiger partial charge in [0.2, 0.25) is 0 Å². The molecule has 1 aromatic rings. The quantitative estimate of drug-likeness (QED) is 0.849. The second-order valence-electron chi connectivity index (χ2n) is 4.72. The molecule has 1 fully saturated rings. The summed E-state index contributed by atoms with van der Waals surface area (Å²) in [5.74, 6) is 1.30. The highest BCUT2D eigenvalue weighted by atomic mass is 16.5. The van der Waals surface area contributed by atoms with E-state index in [1.807, 2.05) is 12.1 Å². The van der Waals surface area contributed by atoms with E-state index in [4.69, 9.17) is 16.2 Å². The zero-order chi connectivity index (χ0) is 13.0. The lowest BCUT2D eigenvalue weighted by Gasteiger charge is -2.33. The molecule has 0 amide bonds. The average Bonchev–Trinajstić information content (AvgIpc) is 2.40. The predicted octanol–water partition coefficient (Wildman–Crippen LogP) is 1.64. The van der Waals surface area contributed by atoms with Gasteiger partial charge in [0.25, 0.3) is 0 Å². The minimum atomic E-state index is 0.305. The maximum absolute atomic E-state index is 5.81. The molecule has 1 aliphatic heterocycles. The number of hydrogen-bond donors (Lipinski definition) is 2. The summed E-state index contributed by atoms with van der Waals surface area (Å²) in [4.78, 5) is 6.56. The van der Waals surface area contributed by atoms with Gasteiger partial charge in [-0.15, -0.1) is 0 Å². The van der Waals surface area contributed by atoms with Gasteiger partial charge in [-0.05, 0) is 31.4 Å². The maximum atomic E-state index is 5.81. The van der Waals surface area contributed by atoms with Crippen molar-refractivity contribution in [1.82, 2.24) is 4.98 Å². The van der Waals surface area contributed by atoms with Crippen molar-refractivity contribution in [3.63, 3.8) is 0 Å². The molecule has 1 saturated heterocycles. The highest BCUT2D eigenvalue weighted by Crippen LogP contribution is 2.22. The van der Waals surface area contributed by atoms with E-state index in [2.05, 4.69) is 16.8 Å². The lowest BCUT2D eigenvalue weighted by molar-refractivity contribution is 0.0439. The van der Waals surface area contributed by atoms with Gasteiger partial charge in [-0.3, -0.25) is 0 Å². The first-order valence-corrected chi connectivity index (χ1v) is 6.59. The van der Waals surface area contributed by atoms with Crippen LogP contribution in [-0.2, 0) is 4.74 Å². The van der Waals surface area contributed by atoms with Crippen molar-refractivity contribution in [2.45, 2.75) is 32.3 Å². The fourth-order valence-corrected chi connectivity index (χ4v) is 2.22. The number of nitrogens with two attached hydrogens (primary N) is 2. The van der Waals surface area contributed by atoms with Gasteiger partial charge in [0.1, 0.15) is 11.6 Å². The van der Waals surface area contributed by atoms with E-state index in [1.54, 1.807) is 0 Å². The van der Waals surface area contributed by atoms with Crippen molar-refractivity contribution in [1.29, 1.82) is 0 Å². The van der Waals surface area contributed by atoms with Crippen molar-refractivity contribution >= 4 is 17.3 Å². The van der Waals surface area contributed by atoms with Crippen molar-refractivity contribution in [3.05, 3.63) is 12.1 Å². The molecular weight excluding hydrogens is 228 g/mol. The largest absolute Gasteiger partial charge is 0.396 e. The van der Waals surface area contributed by atoms with Crippen molar-refractivity contribution in [2.24, 2.45) is 0 Å². The normalized spacial score (nSPS) is 20.1. The highest BCUT2D eigenvalue weighted by Gasteiger charge is 2.21. The van der Waals surface area contributed by atoms with E-state index in [9.17, 15) is 0 Å². The minimum absolute atomic E-state index is 0.305. The van der Waals surface area contributed by atoms with Crippen LogP contribution in [0, 0.1) is 0 Å². The summed E-state index contributed by atoms with van der Waals surface area (Å²) in [5, 5.41) is 0. The number of pyridine rings is 1. The lowest BCUT2D eigenvalue weighted by Crippen LogP contribution is -2.40. The van der Waals surface area contributed by atoms with Crippen molar-refractivity contribution in [3.8, 4) is 0 Å². The first kappa shape index (κ1) is 13.0. The van der Waals surface area contributed by atoms with Crippen LogP contribution in [0.5, 0.6) is 0 Å². The number of ether oxygens (including phenoxy) is 1. The molecule has 18 heavy (non-hydrogen) atoms. The Labute approximate surface area is 108 Å². The summed E-state index contributed by atoms with van der Waals surface area (Å²) in [6, 6.07) is 3.74. The monoisotopic (exact) mass is 250 g/mol. The molecule has 0 spiro atoms. The van der Waals surface area contributed by atoms with Gasteiger partial charge in [-0.2, -0.15) is 0 Å². The van der Waals surface area contributed by atoms with Crippen LogP contribution in [0.2, 0.25) is 0 Å². The van der Waals surface area contributed by atoms with Gasteiger partial charge < -0.3 is 21.1 Å². The minimum Gasteiger partial charge on any atom is -0.396 e. The standard InChI is InChI=1S/C13H22N4O/c1-2-8-18-10-4-3-7-17(9-10)12-6-5-11(14)13(15)16-12/h5-6,10H,2-4,7-9,14H2,1H3,(H2,15,16). The Hall–Kier alpha value is -1.49. The predicted molar refractivity (Wildman–Crippen MR) is 74.5 cm³/mol. The molecular formula is C13H22N4O. The highest BCUT2D eigenvalue weighted by molar-refractivity contribution is 5.62. The second kappa shape index (κ2) is 5.91. The molecule has 0 bridgehead atoms. The third kappa shape index (κ3) is 3.04. The summed E-state index contributed by atoms with van der Waals surface area (Å²) < 4.78 is 5.81. The van der Waals surface area contributed by atoms with Crippen LogP contribution in [0.15, 0.2) is 12.1 Å². The molecule has 0 saturated carbocycles. The molecule has 1 atom stereocenters. The molecule has 4 N–H and O–H groups in total. The molecule has 1 aliphatic rings. The Morgan fingerprint density at radius 3 is 3.00 bits per heavy atom. The number of anilines is 3. The smallest absolute Gasteiger partial charge is 0.149 e. The van der Waals surface area contributed by atoms with Crippen LogP contribution < -0.4 is 16.4 Å². The summed E-state index contributed by atoms with van der Waals surface area (Å²) in [7, 11) is 0. The van der Waals surface area contributed by atoms with E-state index < -0.39 is 0 Å². The molecule has 5 heteroatoms. The number of piperidine rings is 1. The van der Waals surface area contributed by atoms with Gasteiger partial charge in [0.15, 0.2) is 0 Å². The van der Waals surface area contributed by atoms with Crippen LogP contribution in [0.3, 0.4) is 0 Å². The number of nitrogen functional groups attached to an aromatic ring is 2. The van der Waals surface area contributed by atoms with Crippen LogP contribution >= 0.6 is 0 Å². The lowest BCUT2D eigenvalue weighted by atomic mass is 10.1. The molecule has 2 heterocycles. The maximum Gasteiger partial charge on any atom is 0.149 e. The SMILES string of the molecule is CCCOC1CCCN(c2ccc(N)c(N)n2)C1. The van der Waals surface area contributed by atoms with Gasteiger partial charge in [0.05, 0.1) is 11.8 Å². The molecule has 2 rings (SSSR count). The Kier molecular flexibility index (Phi) is 4.25. The number of aromatic nitrogens is 1. The van der Waals surface area contributed by atoms with Gasteiger partial charge in [0, 0.05) is 19.7 Å². The van der Waals surface area contributed by atoms with E-state index >= 15 is 0 Å². The summed E-state index contributed by atoms with van der Waals surface area (Å²) >= 11 is 0. The Balaban J connectivity index is 2.01. The zero-order valence-electron chi connectivity index (χ0n) is 10.9. The molecule has 1 unspecified atom stereocenters. The number of rotatable bonds is 4. The van der Waals surface area contributed by atoms with Gasteiger partial charge in [-0.25, -0.2) is 4.98 Å². The summed E-state index contributed by atoms with van der Waals surface area (Å²) in [5.41, 5.74) is 12.0. The topological polar surface area (TPSA) is 77.4 Å². The number of nitrogens with zero attached hydrogens (tertiary/aromatic N) is 2. The second-order valence-corrected chi connectivity index (χ2v) is 4.72. The Bertz CT molecular complexity index is 397. The molecule has 1 aromatic heterocycles. The third-order valence-corrected chi connectivity index (χ3v) is 3.20. The van der Waals surface area contributed by atoms with E-state index in [1.165, 1.54) is 0 Å². The Morgan fingerprint density at radius 1 is 1.44 bits per heavy atom. The number of hydrogen-bond acceptors (Lipinski definition) is 5. The molecule has 5 nitrogen and oxygen atoms in total. The molecule has 100 valence electrons. The fraction of sp³-hybridized carbons (Fsp3) is 0.615. The summed E-state index contributed by atoms with van der Waals surface area (Å²) in [6.07, 6.45) is 3.62. The fourth-order valence-electron chi connectivity index (χ4n) is 2.22.